The van der Waals surface area contributed by atoms with Crippen molar-refractivity contribution in [1.82, 2.24) is 4.90 Å². The van der Waals surface area contributed by atoms with Crippen LogP contribution >= 0.6 is 0 Å². The quantitative estimate of drug-likeness (QED) is 0.671. The van der Waals surface area contributed by atoms with Crippen molar-refractivity contribution in [3.05, 3.63) is 0 Å². The molecule has 1 atom stereocenters. The Kier molecular flexibility index (Phi) is 4.69. The second kappa shape index (κ2) is 4.73. The Bertz CT molecular complexity index is 93.7. The second-order valence-corrected chi connectivity index (χ2v) is 3.67. The Hall–Kier alpha value is -0.0800. The zero-order chi connectivity index (χ0) is 9.02. The van der Waals surface area contributed by atoms with Gasteiger partial charge in [-0.05, 0) is 34.6 Å². The van der Waals surface area contributed by atoms with Crippen molar-refractivity contribution in [2.45, 2.75) is 52.7 Å². The maximum absolute atomic E-state index is 8.96. The summed E-state index contributed by atoms with van der Waals surface area (Å²) in [6.07, 6.45) is 0. The SMILES string of the molecule is CC(C)N(C(C)C)[C@H](C)CO. The summed E-state index contributed by atoms with van der Waals surface area (Å²) >= 11 is 0. The zero-order valence-electron chi connectivity index (χ0n) is 8.33. The topological polar surface area (TPSA) is 23.5 Å². The summed E-state index contributed by atoms with van der Waals surface area (Å²) < 4.78 is 0. The van der Waals surface area contributed by atoms with E-state index in [1.807, 2.05) is 0 Å². The van der Waals surface area contributed by atoms with E-state index in [1.165, 1.54) is 0 Å². The maximum Gasteiger partial charge on any atom is 0.0584 e. The Morgan fingerprint density at radius 3 is 1.45 bits per heavy atom. The van der Waals surface area contributed by atoms with Crippen LogP contribution in [0.3, 0.4) is 0 Å². The molecule has 2 heteroatoms. The summed E-state index contributed by atoms with van der Waals surface area (Å²) in [5, 5.41) is 8.96. The number of aliphatic hydroxyl groups is 1. The first kappa shape index (κ1) is 10.9. The molecule has 68 valence electrons. The van der Waals surface area contributed by atoms with E-state index >= 15 is 0 Å². The van der Waals surface area contributed by atoms with Gasteiger partial charge < -0.3 is 5.11 Å². The van der Waals surface area contributed by atoms with Crippen molar-refractivity contribution in [3.63, 3.8) is 0 Å². The number of nitrogens with zero attached hydrogens (tertiary/aromatic N) is 1. The molecule has 0 fully saturated rings. The van der Waals surface area contributed by atoms with E-state index < -0.39 is 0 Å². The Morgan fingerprint density at radius 2 is 1.36 bits per heavy atom. The van der Waals surface area contributed by atoms with Crippen molar-refractivity contribution in [2.75, 3.05) is 6.61 Å². The van der Waals surface area contributed by atoms with Crippen molar-refractivity contribution >= 4 is 0 Å². The molecule has 0 radical (unpaired) electrons. The molecule has 0 rings (SSSR count). The zero-order valence-corrected chi connectivity index (χ0v) is 8.33. The summed E-state index contributed by atoms with van der Waals surface area (Å²) in [6.45, 7) is 10.9. The van der Waals surface area contributed by atoms with Crippen molar-refractivity contribution in [1.29, 1.82) is 0 Å². The van der Waals surface area contributed by atoms with Gasteiger partial charge in [0.15, 0.2) is 0 Å². The minimum Gasteiger partial charge on any atom is -0.395 e. The molecular formula is C9H21NO. The normalized spacial score (nSPS) is 15.0. The fourth-order valence-electron chi connectivity index (χ4n) is 1.71. The van der Waals surface area contributed by atoms with Gasteiger partial charge in [0.05, 0.1) is 6.61 Å². The van der Waals surface area contributed by atoms with Crippen LogP contribution in [0, 0.1) is 0 Å². The molecule has 0 unspecified atom stereocenters. The molecule has 11 heavy (non-hydrogen) atoms. The predicted octanol–water partition coefficient (Wildman–Crippen LogP) is 1.49. The highest BCUT2D eigenvalue weighted by Gasteiger charge is 2.18. The van der Waals surface area contributed by atoms with Gasteiger partial charge in [-0.2, -0.15) is 0 Å². The number of rotatable bonds is 4. The van der Waals surface area contributed by atoms with Crippen LogP contribution < -0.4 is 0 Å². The molecule has 0 aromatic rings. The minimum absolute atomic E-state index is 0.246. The third-order valence-corrected chi connectivity index (χ3v) is 1.97. The molecule has 0 bridgehead atoms. The highest BCUT2D eigenvalue weighted by atomic mass is 16.3. The van der Waals surface area contributed by atoms with Gasteiger partial charge in [-0.1, -0.05) is 0 Å². The second-order valence-electron chi connectivity index (χ2n) is 3.67. The van der Waals surface area contributed by atoms with Gasteiger partial charge in [-0.3, -0.25) is 4.90 Å². The molecule has 0 amide bonds. The van der Waals surface area contributed by atoms with Gasteiger partial charge in [0.25, 0.3) is 0 Å². The van der Waals surface area contributed by atoms with E-state index in [9.17, 15) is 0 Å². The van der Waals surface area contributed by atoms with E-state index in [-0.39, 0.29) is 12.6 Å². The summed E-state index contributed by atoms with van der Waals surface area (Å²) in [6, 6.07) is 1.30. The van der Waals surface area contributed by atoms with Gasteiger partial charge in [0, 0.05) is 18.1 Å². The van der Waals surface area contributed by atoms with Crippen molar-refractivity contribution in [3.8, 4) is 0 Å². The molecule has 0 aliphatic rings. The molecule has 2 nitrogen and oxygen atoms in total. The molecule has 0 aliphatic carbocycles. The monoisotopic (exact) mass is 159 g/mol. The minimum atomic E-state index is 0.246. The van der Waals surface area contributed by atoms with Crippen LogP contribution in [0.4, 0.5) is 0 Å². The van der Waals surface area contributed by atoms with Gasteiger partial charge in [-0.15, -0.1) is 0 Å². The third-order valence-electron chi connectivity index (χ3n) is 1.97. The fraction of sp³-hybridized carbons (Fsp3) is 1.00. The van der Waals surface area contributed by atoms with Crippen LogP contribution in [0.1, 0.15) is 34.6 Å². The van der Waals surface area contributed by atoms with Crippen LogP contribution in [0.25, 0.3) is 0 Å². The van der Waals surface area contributed by atoms with Crippen molar-refractivity contribution in [2.24, 2.45) is 0 Å². The van der Waals surface area contributed by atoms with Crippen molar-refractivity contribution < 1.29 is 5.11 Å². The summed E-state index contributed by atoms with van der Waals surface area (Å²) in [5.74, 6) is 0. The highest BCUT2D eigenvalue weighted by Crippen LogP contribution is 2.09. The van der Waals surface area contributed by atoms with Gasteiger partial charge in [-0.25, -0.2) is 0 Å². The van der Waals surface area contributed by atoms with Crippen LogP contribution in [-0.4, -0.2) is 34.7 Å². The molecular weight excluding hydrogens is 138 g/mol. The van der Waals surface area contributed by atoms with E-state index in [4.69, 9.17) is 5.11 Å². The molecule has 1 N–H and O–H groups in total. The van der Waals surface area contributed by atoms with E-state index in [0.29, 0.717) is 12.1 Å². The number of aliphatic hydroxyl groups excluding tert-OH is 1. The Labute approximate surface area is 70.2 Å². The largest absolute Gasteiger partial charge is 0.395 e. The lowest BCUT2D eigenvalue weighted by Crippen LogP contribution is -2.45. The fourth-order valence-corrected chi connectivity index (χ4v) is 1.71. The standard InChI is InChI=1S/C9H21NO/c1-7(2)10(8(3)4)9(5)6-11/h7-9,11H,6H2,1-5H3/t9-/m1/s1. The third kappa shape index (κ3) is 3.21. The average molecular weight is 159 g/mol. The summed E-state index contributed by atoms with van der Waals surface area (Å²) in [7, 11) is 0. The summed E-state index contributed by atoms with van der Waals surface area (Å²) in [5.41, 5.74) is 0. The molecule has 0 spiro atoms. The van der Waals surface area contributed by atoms with E-state index in [0.717, 1.165) is 0 Å². The first-order valence-corrected chi connectivity index (χ1v) is 4.39. The van der Waals surface area contributed by atoms with Gasteiger partial charge in [0.1, 0.15) is 0 Å². The van der Waals surface area contributed by atoms with Gasteiger partial charge >= 0.3 is 0 Å². The van der Waals surface area contributed by atoms with E-state index in [1.54, 1.807) is 0 Å². The number of hydrogen-bond donors (Lipinski definition) is 1. The van der Waals surface area contributed by atoms with E-state index in [2.05, 4.69) is 39.5 Å². The lowest BCUT2D eigenvalue weighted by atomic mass is 10.1. The van der Waals surface area contributed by atoms with Crippen LogP contribution in [-0.2, 0) is 0 Å². The molecule has 0 heterocycles. The smallest absolute Gasteiger partial charge is 0.0584 e. The summed E-state index contributed by atoms with van der Waals surface area (Å²) in [4.78, 5) is 2.31. The lowest BCUT2D eigenvalue weighted by Gasteiger charge is -2.35. The predicted molar refractivity (Wildman–Crippen MR) is 48.7 cm³/mol. The lowest BCUT2D eigenvalue weighted by molar-refractivity contribution is 0.0779. The highest BCUT2D eigenvalue weighted by molar-refractivity contribution is 4.73. The molecule has 0 saturated carbocycles. The molecule has 0 saturated heterocycles. The van der Waals surface area contributed by atoms with Crippen LogP contribution in [0.5, 0.6) is 0 Å². The molecule has 0 aromatic heterocycles. The molecule has 0 aromatic carbocycles. The Balaban J connectivity index is 4.09. The van der Waals surface area contributed by atoms with Crippen LogP contribution in [0.2, 0.25) is 0 Å². The van der Waals surface area contributed by atoms with Gasteiger partial charge in [0.2, 0.25) is 0 Å². The van der Waals surface area contributed by atoms with Crippen LogP contribution in [0.15, 0.2) is 0 Å². The Morgan fingerprint density at radius 1 is 1.00 bits per heavy atom. The maximum atomic E-state index is 8.96. The first-order valence-electron chi connectivity index (χ1n) is 4.39. The molecule has 0 aliphatic heterocycles. The first-order chi connectivity index (χ1) is 5.00. The average Bonchev–Trinajstić information content (AvgIpc) is 1.85. The number of hydrogen-bond acceptors (Lipinski definition) is 2.